The molecule has 6 heteroatoms. The minimum absolute atomic E-state index is 0.0599. The quantitative estimate of drug-likeness (QED) is 0.693. The van der Waals surface area contributed by atoms with Gasteiger partial charge in [-0.1, -0.05) is 31.5 Å². The third-order valence-electron chi connectivity index (χ3n) is 4.37. The van der Waals surface area contributed by atoms with Crippen LogP contribution >= 0.6 is 0 Å². The Balaban J connectivity index is 2.38. The van der Waals surface area contributed by atoms with Gasteiger partial charge >= 0.3 is 5.97 Å². The molecular weight excluding hydrogens is 352 g/mol. The van der Waals surface area contributed by atoms with Crippen LogP contribution in [0.15, 0.2) is 36.4 Å². The van der Waals surface area contributed by atoms with Crippen LogP contribution < -0.4 is 0 Å². The Morgan fingerprint density at radius 2 is 1.81 bits per heavy atom. The van der Waals surface area contributed by atoms with Crippen LogP contribution in [-0.4, -0.2) is 16.9 Å². The van der Waals surface area contributed by atoms with Gasteiger partial charge in [0, 0.05) is 12.0 Å². The van der Waals surface area contributed by atoms with Gasteiger partial charge in [-0.25, -0.2) is 8.78 Å². The van der Waals surface area contributed by atoms with Crippen molar-refractivity contribution in [2.75, 3.05) is 0 Å². The minimum Gasteiger partial charge on any atom is -0.481 e. The molecule has 1 atom stereocenters. The number of nitrogens with zero attached hydrogens (tertiary/aromatic N) is 1. The molecule has 27 heavy (non-hydrogen) atoms. The molecular formula is C21H19F2NO3. The average molecular weight is 371 g/mol. The minimum atomic E-state index is -1.49. The van der Waals surface area contributed by atoms with Crippen molar-refractivity contribution in [3.8, 4) is 17.2 Å². The van der Waals surface area contributed by atoms with Gasteiger partial charge in [0.25, 0.3) is 0 Å². The summed E-state index contributed by atoms with van der Waals surface area (Å²) in [5.41, 5.74) is 0.376. The van der Waals surface area contributed by atoms with Crippen molar-refractivity contribution in [1.29, 1.82) is 5.26 Å². The highest BCUT2D eigenvalue weighted by Crippen LogP contribution is 2.28. The van der Waals surface area contributed by atoms with Gasteiger partial charge in [0.15, 0.2) is 0 Å². The van der Waals surface area contributed by atoms with Crippen molar-refractivity contribution in [2.24, 2.45) is 5.92 Å². The van der Waals surface area contributed by atoms with E-state index in [9.17, 15) is 23.5 Å². The lowest BCUT2D eigenvalue weighted by atomic mass is 9.90. The topological polar surface area (TPSA) is 78.2 Å². The number of Topliss-reactive ketones (excluding diaryl/α,β-unsaturated/α-hetero) is 1. The molecule has 0 saturated heterocycles. The van der Waals surface area contributed by atoms with Gasteiger partial charge in [-0.05, 0) is 42.2 Å². The van der Waals surface area contributed by atoms with Crippen LogP contribution in [0.2, 0.25) is 0 Å². The van der Waals surface area contributed by atoms with Gasteiger partial charge in [-0.2, -0.15) is 5.26 Å². The second-order valence-corrected chi connectivity index (χ2v) is 6.24. The Bertz CT molecular complexity index is 880. The van der Waals surface area contributed by atoms with E-state index < -0.39 is 41.3 Å². The van der Waals surface area contributed by atoms with Gasteiger partial charge in [0.1, 0.15) is 23.3 Å². The molecule has 2 aromatic rings. The first-order valence-electron chi connectivity index (χ1n) is 8.62. The molecule has 0 amide bonds. The maximum absolute atomic E-state index is 14.5. The zero-order valence-corrected chi connectivity index (χ0v) is 14.8. The number of carbonyl (C=O) groups excluding carboxylic acids is 1. The first-order valence-corrected chi connectivity index (χ1v) is 8.62. The van der Waals surface area contributed by atoms with E-state index in [4.69, 9.17) is 5.26 Å². The fraction of sp³-hybridized carbons (Fsp3) is 0.286. The van der Waals surface area contributed by atoms with Gasteiger partial charge in [0.2, 0.25) is 0 Å². The van der Waals surface area contributed by atoms with Crippen molar-refractivity contribution in [1.82, 2.24) is 0 Å². The Morgan fingerprint density at radius 3 is 2.37 bits per heavy atom. The lowest BCUT2D eigenvalue weighted by molar-refractivity contribution is -0.146. The lowest BCUT2D eigenvalue weighted by Gasteiger charge is -2.14. The highest BCUT2D eigenvalue weighted by molar-refractivity contribution is 5.98. The number of carboxylic acid groups (broad SMARTS) is 1. The van der Waals surface area contributed by atoms with E-state index in [1.54, 1.807) is 18.2 Å². The summed E-state index contributed by atoms with van der Waals surface area (Å²) in [7, 11) is 0. The van der Waals surface area contributed by atoms with E-state index in [0.29, 0.717) is 18.4 Å². The first kappa shape index (κ1) is 20.2. The number of hydrogen-bond acceptors (Lipinski definition) is 3. The van der Waals surface area contributed by atoms with E-state index in [0.717, 1.165) is 12.1 Å². The predicted molar refractivity (Wildman–Crippen MR) is 95.9 cm³/mol. The molecule has 0 aliphatic heterocycles. The molecule has 140 valence electrons. The van der Waals surface area contributed by atoms with E-state index in [1.807, 2.05) is 13.0 Å². The van der Waals surface area contributed by atoms with Crippen LogP contribution in [0.4, 0.5) is 8.78 Å². The molecule has 0 saturated carbocycles. The largest absolute Gasteiger partial charge is 0.481 e. The third-order valence-corrected chi connectivity index (χ3v) is 4.37. The van der Waals surface area contributed by atoms with Crippen molar-refractivity contribution in [3.05, 3.63) is 59.2 Å². The molecule has 2 rings (SSSR count). The number of unbranched alkanes of at least 4 members (excludes halogenated alkanes) is 1. The molecule has 0 heterocycles. The van der Waals surface area contributed by atoms with Gasteiger partial charge < -0.3 is 5.11 Å². The van der Waals surface area contributed by atoms with Crippen molar-refractivity contribution < 1.29 is 23.5 Å². The molecule has 0 radical (unpaired) electrons. The number of rotatable bonds is 8. The molecule has 0 aliphatic carbocycles. The Morgan fingerprint density at radius 1 is 1.19 bits per heavy atom. The smallest absolute Gasteiger partial charge is 0.314 e. The van der Waals surface area contributed by atoms with E-state index >= 15 is 0 Å². The summed E-state index contributed by atoms with van der Waals surface area (Å²) in [4.78, 5) is 23.5. The van der Waals surface area contributed by atoms with Crippen LogP contribution in [0.1, 0.15) is 37.3 Å². The van der Waals surface area contributed by atoms with Crippen LogP contribution in [0.25, 0.3) is 11.1 Å². The summed E-state index contributed by atoms with van der Waals surface area (Å²) in [6.07, 6.45) is 0.755. The molecule has 0 fully saturated rings. The van der Waals surface area contributed by atoms with Crippen molar-refractivity contribution in [2.45, 2.75) is 32.6 Å². The Hall–Kier alpha value is -3.07. The number of benzene rings is 2. The zero-order chi connectivity index (χ0) is 20.0. The van der Waals surface area contributed by atoms with E-state index in [1.165, 1.54) is 6.07 Å². The number of aliphatic carboxylic acids is 1. The average Bonchev–Trinajstić information content (AvgIpc) is 2.65. The summed E-state index contributed by atoms with van der Waals surface area (Å²) in [5.74, 6) is -5.30. The fourth-order valence-electron chi connectivity index (χ4n) is 2.85. The van der Waals surface area contributed by atoms with Crippen molar-refractivity contribution in [3.63, 3.8) is 0 Å². The standard InChI is InChI=1S/C21H19F2NO3/c1-2-3-8-20(25)17(21(26)27)11-16-18(22)9-14(10-19(16)23)15-7-5-4-6-13(15)12-24/h4-7,9-10,17H,2-3,8,11H2,1H3,(H,26,27). The number of ketones is 1. The fourth-order valence-corrected chi connectivity index (χ4v) is 2.85. The van der Waals surface area contributed by atoms with Crippen molar-refractivity contribution >= 4 is 11.8 Å². The molecule has 1 unspecified atom stereocenters. The van der Waals surface area contributed by atoms with Crippen LogP contribution in [-0.2, 0) is 16.0 Å². The second kappa shape index (κ2) is 9.04. The maximum atomic E-state index is 14.5. The molecule has 0 aliphatic rings. The van der Waals surface area contributed by atoms with Crippen LogP contribution in [0.3, 0.4) is 0 Å². The second-order valence-electron chi connectivity index (χ2n) is 6.24. The number of halogens is 2. The third kappa shape index (κ3) is 4.76. The normalized spacial score (nSPS) is 11.6. The highest BCUT2D eigenvalue weighted by atomic mass is 19.1. The molecule has 2 aromatic carbocycles. The first-order chi connectivity index (χ1) is 12.9. The molecule has 0 bridgehead atoms. The summed E-state index contributed by atoms with van der Waals surface area (Å²) in [6, 6.07) is 10.5. The van der Waals surface area contributed by atoms with Crippen LogP contribution in [0, 0.1) is 28.9 Å². The number of nitriles is 1. The van der Waals surface area contributed by atoms with E-state index in [-0.39, 0.29) is 17.5 Å². The molecule has 0 aromatic heterocycles. The summed E-state index contributed by atoms with van der Waals surface area (Å²) >= 11 is 0. The van der Waals surface area contributed by atoms with Gasteiger partial charge in [0.05, 0.1) is 11.6 Å². The molecule has 4 nitrogen and oxygen atoms in total. The maximum Gasteiger partial charge on any atom is 0.314 e. The Kier molecular flexibility index (Phi) is 6.78. The van der Waals surface area contributed by atoms with Gasteiger partial charge in [-0.15, -0.1) is 0 Å². The number of hydrogen-bond donors (Lipinski definition) is 1. The molecule has 0 spiro atoms. The SMILES string of the molecule is CCCCC(=O)C(Cc1c(F)cc(-c2ccccc2C#N)cc1F)C(=O)O. The summed E-state index contributed by atoms with van der Waals surface area (Å²) in [6.45, 7) is 1.86. The molecule has 1 N–H and O–H groups in total. The number of carbonyl (C=O) groups is 2. The predicted octanol–water partition coefficient (Wildman–Crippen LogP) is 4.51. The van der Waals surface area contributed by atoms with Crippen LogP contribution in [0.5, 0.6) is 0 Å². The van der Waals surface area contributed by atoms with E-state index in [2.05, 4.69) is 0 Å². The highest BCUT2D eigenvalue weighted by Gasteiger charge is 2.28. The summed E-state index contributed by atoms with van der Waals surface area (Å²) < 4.78 is 29.1. The summed E-state index contributed by atoms with van der Waals surface area (Å²) in [5, 5.41) is 18.4. The zero-order valence-electron chi connectivity index (χ0n) is 14.8. The number of carboxylic acids is 1. The van der Waals surface area contributed by atoms with Gasteiger partial charge in [-0.3, -0.25) is 9.59 Å². The monoisotopic (exact) mass is 371 g/mol. The Labute approximate surface area is 156 Å². The lowest BCUT2D eigenvalue weighted by Crippen LogP contribution is -2.26.